The van der Waals surface area contributed by atoms with E-state index >= 15 is 0 Å². The minimum absolute atomic E-state index is 0.0371. The predicted molar refractivity (Wildman–Crippen MR) is 80.5 cm³/mol. The van der Waals surface area contributed by atoms with Crippen molar-refractivity contribution in [1.82, 2.24) is 15.0 Å². The molecule has 1 aromatic carbocycles. The molecular formula is C13H17N7O. The van der Waals surface area contributed by atoms with E-state index in [0.717, 1.165) is 17.8 Å². The smallest absolute Gasteiger partial charge is 0.211 e. The standard InChI is InChI=1S/C13H17N7O/c1-3-11-8(2)18-20(19-11)10-5-4-9(12(21)6-10)7-16-17-13(14)15/h4-7,21H,3H2,1-2H3,(H4,14,15,17). The molecule has 0 saturated heterocycles. The van der Waals surface area contributed by atoms with Crippen LogP contribution < -0.4 is 11.5 Å². The van der Waals surface area contributed by atoms with Crippen molar-refractivity contribution in [3.05, 3.63) is 35.2 Å². The Balaban J connectivity index is 2.30. The number of hydrogen-bond acceptors (Lipinski definition) is 5. The fraction of sp³-hybridized carbons (Fsp3) is 0.231. The largest absolute Gasteiger partial charge is 0.507 e. The van der Waals surface area contributed by atoms with E-state index in [1.54, 1.807) is 18.2 Å². The molecule has 1 aromatic heterocycles. The zero-order valence-corrected chi connectivity index (χ0v) is 11.9. The molecule has 0 aliphatic carbocycles. The van der Waals surface area contributed by atoms with Crippen molar-refractivity contribution in [2.45, 2.75) is 20.3 Å². The van der Waals surface area contributed by atoms with Crippen LogP contribution in [0.25, 0.3) is 5.69 Å². The number of hydrogen-bond donors (Lipinski definition) is 3. The first-order chi connectivity index (χ1) is 10.0. The first kappa shape index (κ1) is 14.5. The Bertz CT molecular complexity index is 699. The van der Waals surface area contributed by atoms with Gasteiger partial charge in [0.05, 0.1) is 23.3 Å². The van der Waals surface area contributed by atoms with Crippen LogP contribution in [0.3, 0.4) is 0 Å². The molecule has 8 nitrogen and oxygen atoms in total. The number of aryl methyl sites for hydroxylation is 2. The highest BCUT2D eigenvalue weighted by Crippen LogP contribution is 2.19. The Kier molecular flexibility index (Phi) is 4.17. The average molecular weight is 287 g/mol. The highest BCUT2D eigenvalue weighted by molar-refractivity contribution is 5.84. The van der Waals surface area contributed by atoms with Gasteiger partial charge in [0.1, 0.15) is 5.75 Å². The SMILES string of the molecule is CCc1nn(-c2ccc(C=NN=C(N)N)c(O)c2)nc1C. The van der Waals surface area contributed by atoms with Crippen LogP contribution in [0.1, 0.15) is 23.9 Å². The van der Waals surface area contributed by atoms with Gasteiger partial charge in [0, 0.05) is 11.6 Å². The summed E-state index contributed by atoms with van der Waals surface area (Å²) in [6.45, 7) is 3.92. The number of nitrogens with two attached hydrogens (primary N) is 2. The van der Waals surface area contributed by atoms with Crippen LogP contribution in [-0.2, 0) is 6.42 Å². The number of phenols is 1. The fourth-order valence-corrected chi connectivity index (χ4v) is 1.77. The zero-order chi connectivity index (χ0) is 15.4. The van der Waals surface area contributed by atoms with Crippen LogP contribution in [0.5, 0.6) is 5.75 Å². The van der Waals surface area contributed by atoms with Crippen molar-refractivity contribution in [1.29, 1.82) is 0 Å². The molecule has 21 heavy (non-hydrogen) atoms. The van der Waals surface area contributed by atoms with E-state index in [2.05, 4.69) is 20.4 Å². The number of aromatic nitrogens is 3. The van der Waals surface area contributed by atoms with Gasteiger partial charge in [-0.1, -0.05) is 6.92 Å². The Morgan fingerprint density at radius 3 is 2.71 bits per heavy atom. The van der Waals surface area contributed by atoms with Crippen molar-refractivity contribution < 1.29 is 5.11 Å². The molecule has 0 unspecified atom stereocenters. The van der Waals surface area contributed by atoms with Gasteiger partial charge in [-0.2, -0.15) is 20.1 Å². The van der Waals surface area contributed by atoms with Crippen molar-refractivity contribution in [3.63, 3.8) is 0 Å². The number of phenolic OH excluding ortho intramolecular Hbond substituents is 1. The summed E-state index contributed by atoms with van der Waals surface area (Å²) in [5.41, 5.74) is 13.3. The van der Waals surface area contributed by atoms with Crippen LogP contribution in [0.4, 0.5) is 0 Å². The summed E-state index contributed by atoms with van der Waals surface area (Å²) in [6, 6.07) is 5.01. The van der Waals surface area contributed by atoms with E-state index in [1.165, 1.54) is 11.0 Å². The van der Waals surface area contributed by atoms with E-state index in [0.29, 0.717) is 11.3 Å². The van der Waals surface area contributed by atoms with Crippen LogP contribution in [0.2, 0.25) is 0 Å². The van der Waals surface area contributed by atoms with Crippen LogP contribution in [-0.4, -0.2) is 32.3 Å². The molecule has 2 aromatic rings. The summed E-state index contributed by atoms with van der Waals surface area (Å²) in [4.78, 5) is 1.49. The molecule has 0 aliphatic rings. The number of guanidine groups is 1. The maximum Gasteiger partial charge on any atom is 0.211 e. The van der Waals surface area contributed by atoms with E-state index < -0.39 is 0 Å². The summed E-state index contributed by atoms with van der Waals surface area (Å²) < 4.78 is 0. The van der Waals surface area contributed by atoms with Gasteiger partial charge in [-0.25, -0.2) is 0 Å². The highest BCUT2D eigenvalue weighted by Gasteiger charge is 2.08. The van der Waals surface area contributed by atoms with Gasteiger partial charge in [-0.15, -0.1) is 5.10 Å². The summed E-state index contributed by atoms with van der Waals surface area (Å²) in [5.74, 6) is -0.110. The van der Waals surface area contributed by atoms with Crippen LogP contribution >= 0.6 is 0 Å². The quantitative estimate of drug-likeness (QED) is 0.427. The fourth-order valence-electron chi connectivity index (χ4n) is 1.77. The van der Waals surface area contributed by atoms with Gasteiger partial charge in [-0.3, -0.25) is 0 Å². The van der Waals surface area contributed by atoms with Crippen molar-refractivity contribution in [2.75, 3.05) is 0 Å². The third-order valence-corrected chi connectivity index (χ3v) is 2.83. The Morgan fingerprint density at radius 1 is 1.38 bits per heavy atom. The average Bonchev–Trinajstić information content (AvgIpc) is 2.81. The van der Waals surface area contributed by atoms with E-state index in [9.17, 15) is 5.11 Å². The molecule has 1 heterocycles. The van der Waals surface area contributed by atoms with Gasteiger partial charge < -0.3 is 16.6 Å². The molecule has 0 amide bonds. The lowest BCUT2D eigenvalue weighted by atomic mass is 10.2. The number of aromatic hydroxyl groups is 1. The maximum atomic E-state index is 9.98. The predicted octanol–water partition coefficient (Wildman–Crippen LogP) is 0.451. The van der Waals surface area contributed by atoms with Crippen LogP contribution in [0.15, 0.2) is 28.4 Å². The van der Waals surface area contributed by atoms with Crippen molar-refractivity contribution in [2.24, 2.45) is 21.7 Å². The molecule has 0 bridgehead atoms. The van der Waals surface area contributed by atoms with Gasteiger partial charge in [0.25, 0.3) is 0 Å². The molecule has 8 heteroatoms. The normalized spacial score (nSPS) is 11.0. The van der Waals surface area contributed by atoms with E-state index in [4.69, 9.17) is 11.5 Å². The second kappa shape index (κ2) is 6.04. The third kappa shape index (κ3) is 3.35. The molecular weight excluding hydrogens is 270 g/mol. The maximum absolute atomic E-state index is 9.98. The highest BCUT2D eigenvalue weighted by atomic mass is 16.3. The van der Waals surface area contributed by atoms with Crippen LogP contribution in [0, 0.1) is 6.92 Å². The Morgan fingerprint density at radius 2 is 2.14 bits per heavy atom. The molecule has 5 N–H and O–H groups in total. The molecule has 0 aliphatic heterocycles. The zero-order valence-electron chi connectivity index (χ0n) is 11.9. The number of nitrogens with zero attached hydrogens (tertiary/aromatic N) is 5. The van der Waals surface area contributed by atoms with E-state index in [1.807, 2.05) is 13.8 Å². The molecule has 0 spiro atoms. The first-order valence-electron chi connectivity index (χ1n) is 6.39. The van der Waals surface area contributed by atoms with E-state index in [-0.39, 0.29) is 11.7 Å². The second-order valence-corrected chi connectivity index (χ2v) is 4.39. The molecule has 0 fully saturated rings. The van der Waals surface area contributed by atoms with Gasteiger partial charge in [0.2, 0.25) is 5.96 Å². The third-order valence-electron chi connectivity index (χ3n) is 2.83. The summed E-state index contributed by atoms with van der Waals surface area (Å²) in [7, 11) is 0. The second-order valence-electron chi connectivity index (χ2n) is 4.39. The monoisotopic (exact) mass is 287 g/mol. The molecule has 2 rings (SSSR count). The van der Waals surface area contributed by atoms with Gasteiger partial charge in [0.15, 0.2) is 0 Å². The summed E-state index contributed by atoms with van der Waals surface area (Å²) in [6.07, 6.45) is 2.17. The molecule has 0 saturated carbocycles. The molecule has 110 valence electrons. The minimum atomic E-state index is -0.148. The summed E-state index contributed by atoms with van der Waals surface area (Å²) in [5, 5.41) is 25.8. The molecule has 0 atom stereocenters. The lowest BCUT2D eigenvalue weighted by Crippen LogP contribution is -2.21. The topological polar surface area (TPSA) is 128 Å². The van der Waals surface area contributed by atoms with Gasteiger partial charge >= 0.3 is 0 Å². The minimum Gasteiger partial charge on any atom is -0.507 e. The lowest BCUT2D eigenvalue weighted by Gasteiger charge is -2.02. The Hall–Kier alpha value is -2.90. The molecule has 0 radical (unpaired) electrons. The van der Waals surface area contributed by atoms with Crippen molar-refractivity contribution in [3.8, 4) is 11.4 Å². The summed E-state index contributed by atoms with van der Waals surface area (Å²) >= 11 is 0. The van der Waals surface area contributed by atoms with Gasteiger partial charge in [-0.05, 0) is 25.5 Å². The number of benzene rings is 1. The number of rotatable bonds is 4. The Labute approximate surface area is 121 Å². The van der Waals surface area contributed by atoms with Crippen molar-refractivity contribution >= 4 is 12.2 Å². The lowest BCUT2D eigenvalue weighted by molar-refractivity contribution is 0.473. The first-order valence-corrected chi connectivity index (χ1v) is 6.39.